The summed E-state index contributed by atoms with van der Waals surface area (Å²) in [5, 5.41) is 11.1. The molecule has 1 atom stereocenters. The van der Waals surface area contributed by atoms with Crippen molar-refractivity contribution in [2.45, 2.75) is 12.8 Å². The predicted molar refractivity (Wildman–Crippen MR) is 82.8 cm³/mol. The van der Waals surface area contributed by atoms with E-state index >= 15 is 0 Å². The number of carbonyl (C=O) groups is 1. The molecule has 0 fully saturated rings. The summed E-state index contributed by atoms with van der Waals surface area (Å²) in [6, 6.07) is 11.4. The largest absolute Gasteiger partial charge is 0.497 e. The minimum Gasteiger partial charge on any atom is -0.497 e. The van der Waals surface area contributed by atoms with Gasteiger partial charge in [-0.05, 0) is 35.4 Å². The second-order valence-corrected chi connectivity index (χ2v) is 4.92. The van der Waals surface area contributed by atoms with E-state index in [9.17, 15) is 14.9 Å². The van der Waals surface area contributed by atoms with Gasteiger partial charge in [-0.1, -0.05) is 24.3 Å². The average molecular weight is 319 g/mol. The van der Waals surface area contributed by atoms with E-state index in [1.807, 2.05) is 36.4 Å². The molecule has 23 heavy (non-hydrogen) atoms. The third-order valence-corrected chi connectivity index (χ3v) is 3.45. The summed E-state index contributed by atoms with van der Waals surface area (Å²) in [6.45, 7) is 1.29. The quantitative estimate of drug-likeness (QED) is 0.337. The van der Waals surface area contributed by atoms with Gasteiger partial charge in [-0.2, -0.15) is 0 Å². The molecule has 0 spiro atoms. The number of nitrogens with zero attached hydrogens (tertiary/aromatic N) is 1. The molecule has 0 radical (unpaired) electrons. The zero-order chi connectivity index (χ0) is 16.8. The molecular formula is C16H17NO6. The van der Waals surface area contributed by atoms with Gasteiger partial charge >= 0.3 is 5.97 Å². The van der Waals surface area contributed by atoms with Gasteiger partial charge < -0.3 is 14.3 Å². The smallest absolute Gasteiger partial charge is 0.313 e. The molecule has 0 aliphatic rings. The van der Waals surface area contributed by atoms with E-state index < -0.39 is 17.0 Å². The Labute approximate surface area is 132 Å². The number of ether oxygens (including phenoxy) is 2. The van der Waals surface area contributed by atoms with E-state index in [2.05, 4.69) is 4.84 Å². The van der Waals surface area contributed by atoms with E-state index in [0.717, 1.165) is 22.1 Å². The zero-order valence-corrected chi connectivity index (χ0v) is 12.9. The number of fused-ring (bicyclic) bond motifs is 1. The van der Waals surface area contributed by atoms with Gasteiger partial charge in [0.1, 0.15) is 19.0 Å². The second-order valence-electron chi connectivity index (χ2n) is 4.92. The van der Waals surface area contributed by atoms with E-state index in [4.69, 9.17) is 9.47 Å². The van der Waals surface area contributed by atoms with Crippen LogP contribution in [0.25, 0.3) is 10.8 Å². The molecule has 0 aromatic heterocycles. The monoisotopic (exact) mass is 319 g/mol. The minimum atomic E-state index is -0.922. The fraction of sp³-hybridized carbons (Fsp3) is 0.312. The van der Waals surface area contributed by atoms with Crippen molar-refractivity contribution in [2.24, 2.45) is 0 Å². The third kappa shape index (κ3) is 4.32. The van der Waals surface area contributed by atoms with Gasteiger partial charge in [0.15, 0.2) is 0 Å². The highest BCUT2D eigenvalue weighted by Crippen LogP contribution is 2.25. The first-order chi connectivity index (χ1) is 11.0. The highest BCUT2D eigenvalue weighted by molar-refractivity contribution is 5.86. The number of benzene rings is 2. The van der Waals surface area contributed by atoms with Crippen LogP contribution in [0.5, 0.6) is 5.75 Å². The first kappa shape index (κ1) is 16.5. The van der Waals surface area contributed by atoms with Gasteiger partial charge in [-0.25, -0.2) is 0 Å². The van der Waals surface area contributed by atoms with Crippen LogP contribution in [0.3, 0.4) is 0 Å². The lowest BCUT2D eigenvalue weighted by Gasteiger charge is -2.12. The van der Waals surface area contributed by atoms with Gasteiger partial charge in [0, 0.05) is 0 Å². The van der Waals surface area contributed by atoms with Crippen LogP contribution in [0.2, 0.25) is 0 Å². The fourth-order valence-corrected chi connectivity index (χ4v) is 2.15. The van der Waals surface area contributed by atoms with Crippen molar-refractivity contribution in [2.75, 3.05) is 20.3 Å². The first-order valence-electron chi connectivity index (χ1n) is 7.03. The molecule has 0 saturated heterocycles. The second kappa shape index (κ2) is 7.44. The Morgan fingerprint density at radius 3 is 2.57 bits per heavy atom. The van der Waals surface area contributed by atoms with E-state index in [1.165, 1.54) is 0 Å². The molecule has 7 nitrogen and oxygen atoms in total. The molecule has 0 aliphatic carbocycles. The van der Waals surface area contributed by atoms with Crippen molar-refractivity contribution >= 4 is 16.7 Å². The Balaban J connectivity index is 2.03. The van der Waals surface area contributed by atoms with Crippen molar-refractivity contribution in [1.29, 1.82) is 0 Å². The molecule has 2 aromatic carbocycles. The van der Waals surface area contributed by atoms with Crippen molar-refractivity contribution in [3.05, 3.63) is 52.1 Å². The number of hydrogen-bond acceptors (Lipinski definition) is 6. The van der Waals surface area contributed by atoms with Crippen LogP contribution in [0.15, 0.2) is 36.4 Å². The van der Waals surface area contributed by atoms with Crippen molar-refractivity contribution in [1.82, 2.24) is 0 Å². The molecule has 2 aromatic rings. The zero-order valence-electron chi connectivity index (χ0n) is 12.9. The molecule has 0 amide bonds. The molecule has 122 valence electrons. The minimum absolute atomic E-state index is 0.158. The van der Waals surface area contributed by atoms with Gasteiger partial charge in [-0.15, -0.1) is 10.1 Å². The SMILES string of the molecule is COc1ccc2cc(C(C)C(=O)OCCO[N+](=O)[O-])ccc2c1. The van der Waals surface area contributed by atoms with Gasteiger partial charge in [0.2, 0.25) is 0 Å². The summed E-state index contributed by atoms with van der Waals surface area (Å²) in [4.78, 5) is 26.1. The molecule has 0 heterocycles. The molecule has 7 heteroatoms. The molecule has 2 rings (SSSR count). The summed E-state index contributed by atoms with van der Waals surface area (Å²) < 4.78 is 10.1. The average Bonchev–Trinajstić information content (AvgIpc) is 2.56. The lowest BCUT2D eigenvalue weighted by Crippen LogP contribution is -2.17. The summed E-state index contributed by atoms with van der Waals surface area (Å²) in [6.07, 6.45) is 0. The molecule has 0 bridgehead atoms. The Morgan fingerprint density at radius 1 is 1.17 bits per heavy atom. The van der Waals surface area contributed by atoms with E-state index in [-0.39, 0.29) is 13.2 Å². The topological polar surface area (TPSA) is 87.9 Å². The molecule has 1 unspecified atom stereocenters. The lowest BCUT2D eigenvalue weighted by atomic mass is 9.98. The third-order valence-electron chi connectivity index (χ3n) is 3.45. The van der Waals surface area contributed by atoms with Crippen LogP contribution in [-0.2, 0) is 14.4 Å². The van der Waals surface area contributed by atoms with Crippen LogP contribution in [0.1, 0.15) is 18.4 Å². The standard InChI is InChI=1S/C16H17NO6/c1-11(16(18)22-7-8-23-17(19)20)12-3-4-14-10-15(21-2)6-5-13(14)9-12/h3-6,9-11H,7-8H2,1-2H3. The van der Waals surface area contributed by atoms with Crippen LogP contribution in [-0.4, -0.2) is 31.4 Å². The van der Waals surface area contributed by atoms with Crippen molar-refractivity contribution < 1.29 is 24.2 Å². The first-order valence-corrected chi connectivity index (χ1v) is 7.03. The lowest BCUT2D eigenvalue weighted by molar-refractivity contribution is -0.757. The summed E-state index contributed by atoms with van der Waals surface area (Å²) in [5.74, 6) is -0.162. The Hall–Kier alpha value is -2.83. The van der Waals surface area contributed by atoms with Crippen molar-refractivity contribution in [3.63, 3.8) is 0 Å². The molecule has 0 aliphatic heterocycles. The molecular weight excluding hydrogens is 302 g/mol. The van der Waals surface area contributed by atoms with E-state index in [1.54, 1.807) is 14.0 Å². The fourth-order valence-electron chi connectivity index (χ4n) is 2.15. The number of carbonyl (C=O) groups excluding carboxylic acids is 1. The van der Waals surface area contributed by atoms with Crippen LogP contribution in [0, 0.1) is 10.1 Å². The van der Waals surface area contributed by atoms with Crippen LogP contribution < -0.4 is 4.74 Å². The van der Waals surface area contributed by atoms with Gasteiger partial charge in [0.05, 0.1) is 13.0 Å². The number of methoxy groups -OCH3 is 1. The Bertz CT molecular complexity index is 715. The predicted octanol–water partition coefficient (Wildman–Crippen LogP) is 2.70. The molecule has 0 N–H and O–H groups in total. The summed E-state index contributed by atoms with van der Waals surface area (Å²) in [5.41, 5.74) is 0.808. The molecule has 0 saturated carbocycles. The normalized spacial score (nSPS) is 11.7. The maximum atomic E-state index is 12.0. The highest BCUT2D eigenvalue weighted by atomic mass is 17.0. The van der Waals surface area contributed by atoms with E-state index in [0.29, 0.717) is 0 Å². The number of hydrogen-bond donors (Lipinski definition) is 0. The maximum Gasteiger partial charge on any atom is 0.313 e. The van der Waals surface area contributed by atoms with Gasteiger partial charge in [0.25, 0.3) is 5.09 Å². The van der Waals surface area contributed by atoms with Gasteiger partial charge in [-0.3, -0.25) is 4.79 Å². The number of rotatable bonds is 7. The highest BCUT2D eigenvalue weighted by Gasteiger charge is 2.17. The Morgan fingerprint density at radius 2 is 1.87 bits per heavy atom. The summed E-state index contributed by atoms with van der Waals surface area (Å²) >= 11 is 0. The maximum absolute atomic E-state index is 12.0. The summed E-state index contributed by atoms with van der Waals surface area (Å²) in [7, 11) is 1.61. The number of esters is 1. The van der Waals surface area contributed by atoms with Crippen LogP contribution >= 0.6 is 0 Å². The Kier molecular flexibility index (Phi) is 5.35. The van der Waals surface area contributed by atoms with Crippen molar-refractivity contribution in [3.8, 4) is 5.75 Å². The van der Waals surface area contributed by atoms with Crippen LogP contribution in [0.4, 0.5) is 0 Å².